The molecule has 0 aliphatic rings. The molecule has 2 rings (SSSR count). The Labute approximate surface area is 237 Å². The van der Waals surface area contributed by atoms with Crippen LogP contribution in [0.4, 0.5) is 0 Å². The number of nitrogens with one attached hydrogen (secondary N) is 2. The Hall–Kier alpha value is -3.30. The molecule has 0 unspecified atom stereocenters. The average molecular weight is 557 g/mol. The summed E-state index contributed by atoms with van der Waals surface area (Å²) in [7, 11) is 2.89. The Morgan fingerprint density at radius 3 is 2.08 bits per heavy atom. The molecule has 40 heavy (non-hydrogen) atoms. The Bertz CT molecular complexity index is 1170. The summed E-state index contributed by atoms with van der Waals surface area (Å²) in [5.41, 5.74) is -0.163. The van der Waals surface area contributed by atoms with E-state index in [1.54, 1.807) is 39.8 Å². The second-order valence-electron chi connectivity index (χ2n) is 11.4. The Kier molecular flexibility index (Phi) is 12.3. The number of fused-ring (bicyclic) bond motifs is 1. The van der Waals surface area contributed by atoms with Crippen LogP contribution >= 0.6 is 0 Å². The lowest BCUT2D eigenvalue weighted by atomic mass is 9.92. The average Bonchev–Trinajstić information content (AvgIpc) is 2.88. The van der Waals surface area contributed by atoms with Crippen LogP contribution in [-0.4, -0.2) is 61.8 Å². The molecule has 9 nitrogen and oxygen atoms in total. The molecule has 9 heteroatoms. The molecule has 0 spiro atoms. The van der Waals surface area contributed by atoms with E-state index in [2.05, 4.69) is 10.6 Å². The standard InChI is InChI=1S/C31H44N2O7/c1-19(2)27(33-29(37)23-14-13-21-11-9-10-12-22(21)18-23)25(34)17-20(3)28(36)32-24(30(38-7)39-8)15-16-26(35)40-31(4,5)6/h9-14,18-20,24,27,30H,15-17H2,1-8H3,(H,32,36)(H,33,37)/t20-,24+,27+/m1/s1. The summed E-state index contributed by atoms with van der Waals surface area (Å²) in [4.78, 5) is 51.6. The zero-order valence-electron chi connectivity index (χ0n) is 24.9. The first-order valence-electron chi connectivity index (χ1n) is 13.7. The van der Waals surface area contributed by atoms with Gasteiger partial charge >= 0.3 is 5.97 Å². The van der Waals surface area contributed by atoms with Crippen molar-refractivity contribution in [2.75, 3.05) is 14.2 Å². The lowest BCUT2D eigenvalue weighted by molar-refractivity contribution is -0.157. The Balaban J connectivity index is 2.04. The molecule has 0 bridgehead atoms. The van der Waals surface area contributed by atoms with Crippen molar-refractivity contribution in [3.8, 4) is 0 Å². The molecule has 0 aliphatic heterocycles. The van der Waals surface area contributed by atoms with Gasteiger partial charge in [-0.15, -0.1) is 0 Å². The largest absolute Gasteiger partial charge is 0.460 e. The summed E-state index contributed by atoms with van der Waals surface area (Å²) < 4.78 is 16.0. The lowest BCUT2D eigenvalue weighted by Gasteiger charge is -2.28. The summed E-state index contributed by atoms with van der Waals surface area (Å²) in [5.74, 6) is -2.25. The van der Waals surface area contributed by atoms with Crippen molar-refractivity contribution in [1.82, 2.24) is 10.6 Å². The highest BCUT2D eigenvalue weighted by Gasteiger charge is 2.31. The molecule has 2 aromatic carbocycles. The van der Waals surface area contributed by atoms with Gasteiger partial charge < -0.3 is 24.8 Å². The highest BCUT2D eigenvalue weighted by Crippen LogP contribution is 2.18. The molecule has 0 fully saturated rings. The van der Waals surface area contributed by atoms with Crippen molar-refractivity contribution in [3.63, 3.8) is 0 Å². The van der Waals surface area contributed by atoms with Gasteiger partial charge in [0.25, 0.3) is 5.91 Å². The van der Waals surface area contributed by atoms with Gasteiger partial charge in [-0.3, -0.25) is 19.2 Å². The third kappa shape index (κ3) is 10.0. The summed E-state index contributed by atoms with van der Waals surface area (Å²) >= 11 is 0. The molecule has 3 atom stereocenters. The van der Waals surface area contributed by atoms with Crippen molar-refractivity contribution in [2.24, 2.45) is 11.8 Å². The normalized spacial score (nSPS) is 14.1. The number of carbonyl (C=O) groups is 4. The SMILES string of the molecule is COC(OC)[C@H](CCC(=O)OC(C)(C)C)NC(=O)[C@H](C)CC(=O)[C@@H](NC(=O)c1ccc2ccccc2c1)C(C)C. The lowest BCUT2D eigenvalue weighted by Crippen LogP contribution is -2.49. The third-order valence-electron chi connectivity index (χ3n) is 6.47. The number of Topliss-reactive ketones (excluding diaryl/α,β-unsaturated/α-hetero) is 1. The van der Waals surface area contributed by atoms with Gasteiger partial charge in [-0.25, -0.2) is 0 Å². The number of amides is 2. The fourth-order valence-corrected chi connectivity index (χ4v) is 4.39. The summed E-state index contributed by atoms with van der Waals surface area (Å²) in [6.45, 7) is 10.7. The third-order valence-corrected chi connectivity index (χ3v) is 6.47. The number of esters is 1. The van der Waals surface area contributed by atoms with Crippen LogP contribution in [0.3, 0.4) is 0 Å². The molecule has 0 saturated carbocycles. The zero-order chi connectivity index (χ0) is 30.0. The summed E-state index contributed by atoms with van der Waals surface area (Å²) in [6, 6.07) is 11.7. The van der Waals surface area contributed by atoms with Gasteiger partial charge in [0.2, 0.25) is 5.91 Å². The van der Waals surface area contributed by atoms with Gasteiger partial charge in [0, 0.05) is 38.5 Å². The molecule has 0 saturated heterocycles. The quantitative estimate of drug-likeness (QED) is 0.261. The van der Waals surface area contributed by atoms with Crippen molar-refractivity contribution < 1.29 is 33.4 Å². The van der Waals surface area contributed by atoms with Crippen LogP contribution in [-0.2, 0) is 28.6 Å². The molecule has 2 N–H and O–H groups in total. The molecule has 220 valence electrons. The molecular weight excluding hydrogens is 512 g/mol. The summed E-state index contributed by atoms with van der Waals surface area (Å²) in [5, 5.41) is 7.66. The van der Waals surface area contributed by atoms with Crippen LogP contribution in [0, 0.1) is 11.8 Å². The van der Waals surface area contributed by atoms with Crippen LogP contribution in [0.5, 0.6) is 0 Å². The second-order valence-corrected chi connectivity index (χ2v) is 11.4. The van der Waals surface area contributed by atoms with Crippen molar-refractivity contribution >= 4 is 34.3 Å². The molecule has 2 amide bonds. The van der Waals surface area contributed by atoms with Gasteiger partial charge in [-0.2, -0.15) is 0 Å². The number of methoxy groups -OCH3 is 2. The first kappa shape index (κ1) is 32.9. The first-order chi connectivity index (χ1) is 18.7. The fraction of sp³-hybridized carbons (Fsp3) is 0.548. The number of carbonyl (C=O) groups excluding carboxylic acids is 4. The van der Waals surface area contributed by atoms with Gasteiger partial charge in [-0.1, -0.05) is 51.1 Å². The molecule has 0 aromatic heterocycles. The van der Waals surface area contributed by atoms with Gasteiger partial charge in [0.05, 0.1) is 12.1 Å². The minimum Gasteiger partial charge on any atom is -0.460 e. The predicted molar refractivity (Wildman–Crippen MR) is 154 cm³/mol. The van der Waals surface area contributed by atoms with Crippen molar-refractivity contribution in [2.45, 2.75) is 84.8 Å². The van der Waals surface area contributed by atoms with Crippen LogP contribution < -0.4 is 10.6 Å². The van der Waals surface area contributed by atoms with Crippen molar-refractivity contribution in [1.29, 1.82) is 0 Å². The van der Waals surface area contributed by atoms with E-state index in [0.717, 1.165) is 10.8 Å². The van der Waals surface area contributed by atoms with E-state index in [9.17, 15) is 19.2 Å². The molecule has 2 aromatic rings. The van der Waals surface area contributed by atoms with Crippen LogP contribution in [0.1, 0.15) is 71.2 Å². The Morgan fingerprint density at radius 1 is 0.875 bits per heavy atom. The monoisotopic (exact) mass is 556 g/mol. The topological polar surface area (TPSA) is 120 Å². The number of benzene rings is 2. The van der Waals surface area contributed by atoms with E-state index in [1.165, 1.54) is 14.2 Å². The highest BCUT2D eigenvalue weighted by molar-refractivity contribution is 6.01. The molecule has 0 aliphatic carbocycles. The van der Waals surface area contributed by atoms with E-state index in [0.29, 0.717) is 5.56 Å². The van der Waals surface area contributed by atoms with Gasteiger partial charge in [0.15, 0.2) is 12.1 Å². The van der Waals surface area contributed by atoms with E-state index >= 15 is 0 Å². The van der Waals surface area contributed by atoms with Crippen molar-refractivity contribution in [3.05, 3.63) is 48.0 Å². The van der Waals surface area contributed by atoms with Crippen LogP contribution in [0.15, 0.2) is 42.5 Å². The van der Waals surface area contributed by atoms with Gasteiger partial charge in [-0.05, 0) is 56.0 Å². The van der Waals surface area contributed by atoms with E-state index in [-0.39, 0.29) is 42.8 Å². The molecular formula is C31H44N2O7. The highest BCUT2D eigenvalue weighted by atomic mass is 16.7. The minimum absolute atomic E-state index is 0.0506. The molecule has 0 heterocycles. The zero-order valence-corrected chi connectivity index (χ0v) is 24.9. The summed E-state index contributed by atoms with van der Waals surface area (Å²) in [6.07, 6.45) is -0.589. The fourth-order valence-electron chi connectivity index (χ4n) is 4.39. The maximum Gasteiger partial charge on any atom is 0.306 e. The maximum absolute atomic E-state index is 13.3. The first-order valence-corrected chi connectivity index (χ1v) is 13.7. The van der Waals surface area contributed by atoms with E-state index in [4.69, 9.17) is 14.2 Å². The number of ether oxygens (including phenoxy) is 3. The van der Waals surface area contributed by atoms with E-state index in [1.807, 2.05) is 44.2 Å². The van der Waals surface area contributed by atoms with Gasteiger partial charge in [0.1, 0.15) is 5.60 Å². The number of ketones is 1. The smallest absolute Gasteiger partial charge is 0.306 e. The van der Waals surface area contributed by atoms with Crippen LogP contribution in [0.25, 0.3) is 10.8 Å². The van der Waals surface area contributed by atoms with Crippen LogP contribution in [0.2, 0.25) is 0 Å². The maximum atomic E-state index is 13.3. The Morgan fingerprint density at radius 2 is 1.50 bits per heavy atom. The molecule has 0 radical (unpaired) electrons. The minimum atomic E-state index is -0.793. The van der Waals surface area contributed by atoms with E-state index < -0.39 is 35.9 Å². The second kappa shape index (κ2) is 14.9. The number of hydrogen-bond donors (Lipinski definition) is 2. The number of rotatable bonds is 14. The predicted octanol–water partition coefficient (Wildman–Crippen LogP) is 4.42. The number of hydrogen-bond acceptors (Lipinski definition) is 7.